The van der Waals surface area contributed by atoms with Crippen LogP contribution in [0.4, 0.5) is 5.69 Å². The van der Waals surface area contributed by atoms with Crippen molar-refractivity contribution in [1.29, 1.82) is 0 Å². The van der Waals surface area contributed by atoms with E-state index in [0.717, 1.165) is 4.88 Å². The molecule has 0 aliphatic carbocycles. The average Bonchev–Trinajstić information content (AvgIpc) is 2.33. The van der Waals surface area contributed by atoms with Crippen LogP contribution in [0.2, 0.25) is 0 Å². The first kappa shape index (κ1) is 9.06. The van der Waals surface area contributed by atoms with Crippen molar-refractivity contribution in [3.63, 3.8) is 0 Å². The first-order chi connectivity index (χ1) is 5.65. The lowest BCUT2D eigenvalue weighted by molar-refractivity contribution is 0.0960. The molecule has 1 heterocycles. The molecule has 1 aromatic rings. The molecule has 12 heavy (non-hydrogen) atoms. The van der Waals surface area contributed by atoms with E-state index < -0.39 is 0 Å². The van der Waals surface area contributed by atoms with Crippen molar-refractivity contribution in [2.75, 3.05) is 12.3 Å². The lowest BCUT2D eigenvalue weighted by Gasteiger charge is -1.96. The Bertz CT molecular complexity index is 274. The van der Waals surface area contributed by atoms with Crippen LogP contribution in [0.15, 0.2) is 6.07 Å². The summed E-state index contributed by atoms with van der Waals surface area (Å²) in [5.41, 5.74) is 6.30. The summed E-state index contributed by atoms with van der Waals surface area (Å²) >= 11 is 1.43. The Hall–Kier alpha value is -1.03. The van der Waals surface area contributed by atoms with Crippen molar-refractivity contribution in [3.8, 4) is 0 Å². The molecule has 0 aromatic carbocycles. The van der Waals surface area contributed by atoms with E-state index >= 15 is 0 Å². The van der Waals surface area contributed by atoms with E-state index in [1.54, 1.807) is 6.07 Å². The van der Waals surface area contributed by atoms with E-state index in [-0.39, 0.29) is 5.91 Å². The molecule has 1 amide bonds. The molecule has 0 unspecified atom stereocenters. The van der Waals surface area contributed by atoms with Crippen molar-refractivity contribution >= 4 is 22.9 Å². The standard InChI is InChI=1S/C8H12N2OS/c1-3-10-8(11)7-4-6(9)5(2)12-7/h4H,3,9H2,1-2H3,(H,10,11). The Morgan fingerprint density at radius 1 is 1.75 bits per heavy atom. The molecular formula is C8H12N2OS. The van der Waals surface area contributed by atoms with E-state index in [2.05, 4.69) is 5.32 Å². The number of amides is 1. The lowest BCUT2D eigenvalue weighted by atomic mass is 10.3. The highest BCUT2D eigenvalue weighted by Gasteiger charge is 2.08. The minimum Gasteiger partial charge on any atom is -0.398 e. The van der Waals surface area contributed by atoms with Gasteiger partial charge in [-0.25, -0.2) is 0 Å². The molecule has 1 rings (SSSR count). The highest BCUT2D eigenvalue weighted by molar-refractivity contribution is 7.14. The number of nitrogens with one attached hydrogen (secondary N) is 1. The van der Waals surface area contributed by atoms with Crippen LogP contribution in [0.5, 0.6) is 0 Å². The third-order valence-electron chi connectivity index (χ3n) is 1.52. The molecule has 0 atom stereocenters. The smallest absolute Gasteiger partial charge is 0.261 e. The van der Waals surface area contributed by atoms with Crippen LogP contribution >= 0.6 is 11.3 Å². The van der Waals surface area contributed by atoms with Crippen molar-refractivity contribution < 1.29 is 4.79 Å². The third kappa shape index (κ3) is 1.76. The summed E-state index contributed by atoms with van der Waals surface area (Å²) in [6.07, 6.45) is 0. The quantitative estimate of drug-likeness (QED) is 0.729. The van der Waals surface area contributed by atoms with E-state index in [4.69, 9.17) is 5.73 Å². The molecule has 1 aromatic heterocycles. The van der Waals surface area contributed by atoms with E-state index in [1.165, 1.54) is 11.3 Å². The van der Waals surface area contributed by atoms with Gasteiger partial charge in [-0.05, 0) is 19.9 Å². The number of hydrogen-bond acceptors (Lipinski definition) is 3. The lowest BCUT2D eigenvalue weighted by Crippen LogP contribution is -2.21. The number of anilines is 1. The van der Waals surface area contributed by atoms with Gasteiger partial charge in [0, 0.05) is 17.1 Å². The Kier molecular flexibility index (Phi) is 2.70. The maximum atomic E-state index is 11.3. The topological polar surface area (TPSA) is 55.1 Å². The Morgan fingerprint density at radius 3 is 2.83 bits per heavy atom. The molecule has 4 heteroatoms. The van der Waals surface area contributed by atoms with Gasteiger partial charge in [0.05, 0.1) is 4.88 Å². The number of nitrogen functional groups attached to an aromatic ring is 1. The molecule has 3 N–H and O–H groups in total. The number of aryl methyl sites for hydroxylation is 1. The molecule has 0 radical (unpaired) electrons. The molecule has 0 spiro atoms. The van der Waals surface area contributed by atoms with Gasteiger partial charge in [0.1, 0.15) is 0 Å². The summed E-state index contributed by atoms with van der Waals surface area (Å²) in [6.45, 7) is 4.44. The molecule has 0 aliphatic rings. The van der Waals surface area contributed by atoms with Crippen LogP contribution in [0.1, 0.15) is 21.5 Å². The first-order valence-corrected chi connectivity index (χ1v) is 4.61. The van der Waals surface area contributed by atoms with Crippen molar-refractivity contribution in [1.82, 2.24) is 5.32 Å². The van der Waals surface area contributed by atoms with Crippen molar-refractivity contribution in [3.05, 3.63) is 15.8 Å². The zero-order valence-electron chi connectivity index (χ0n) is 7.18. The van der Waals surface area contributed by atoms with Crippen LogP contribution in [-0.2, 0) is 0 Å². The number of thiophene rings is 1. The maximum Gasteiger partial charge on any atom is 0.261 e. The van der Waals surface area contributed by atoms with Gasteiger partial charge < -0.3 is 11.1 Å². The number of carbonyl (C=O) groups is 1. The second-order valence-corrected chi connectivity index (χ2v) is 3.74. The number of carbonyl (C=O) groups excluding carboxylic acids is 1. The SMILES string of the molecule is CCNC(=O)c1cc(N)c(C)s1. The Balaban J connectivity index is 2.82. The molecule has 3 nitrogen and oxygen atoms in total. The molecule has 0 bridgehead atoms. The minimum atomic E-state index is -0.0395. The van der Waals surface area contributed by atoms with E-state index in [1.807, 2.05) is 13.8 Å². The van der Waals surface area contributed by atoms with Crippen LogP contribution in [0, 0.1) is 6.92 Å². The fourth-order valence-electron chi connectivity index (χ4n) is 0.856. The largest absolute Gasteiger partial charge is 0.398 e. The number of nitrogens with two attached hydrogens (primary N) is 1. The Labute approximate surface area is 75.6 Å². The predicted molar refractivity (Wildman–Crippen MR) is 51.5 cm³/mol. The first-order valence-electron chi connectivity index (χ1n) is 3.79. The van der Waals surface area contributed by atoms with Crippen LogP contribution < -0.4 is 11.1 Å². The van der Waals surface area contributed by atoms with Gasteiger partial charge in [-0.2, -0.15) is 0 Å². The zero-order chi connectivity index (χ0) is 9.14. The van der Waals surface area contributed by atoms with Gasteiger partial charge in [0.15, 0.2) is 0 Å². The molecule has 0 saturated carbocycles. The second-order valence-electron chi connectivity index (χ2n) is 2.48. The summed E-state index contributed by atoms with van der Waals surface area (Å²) in [5, 5.41) is 2.72. The summed E-state index contributed by atoms with van der Waals surface area (Å²) in [6, 6.07) is 1.71. The molecule has 0 fully saturated rings. The monoisotopic (exact) mass is 184 g/mol. The molecular weight excluding hydrogens is 172 g/mol. The van der Waals surface area contributed by atoms with Crippen LogP contribution in [-0.4, -0.2) is 12.5 Å². The second kappa shape index (κ2) is 3.58. The van der Waals surface area contributed by atoms with Gasteiger partial charge in [0.2, 0.25) is 0 Å². The normalized spacial score (nSPS) is 9.83. The van der Waals surface area contributed by atoms with Gasteiger partial charge >= 0.3 is 0 Å². The number of hydrogen-bond donors (Lipinski definition) is 2. The van der Waals surface area contributed by atoms with Crippen LogP contribution in [0.3, 0.4) is 0 Å². The predicted octanol–water partition coefficient (Wildman–Crippen LogP) is 1.39. The summed E-state index contributed by atoms with van der Waals surface area (Å²) in [4.78, 5) is 12.9. The molecule has 66 valence electrons. The maximum absolute atomic E-state index is 11.3. The van der Waals surface area contributed by atoms with E-state index in [9.17, 15) is 4.79 Å². The van der Waals surface area contributed by atoms with Gasteiger partial charge in [-0.15, -0.1) is 11.3 Å². The average molecular weight is 184 g/mol. The molecule has 0 saturated heterocycles. The van der Waals surface area contributed by atoms with Gasteiger partial charge in [0.25, 0.3) is 5.91 Å². The Morgan fingerprint density at radius 2 is 2.42 bits per heavy atom. The molecule has 0 aliphatic heterocycles. The fourth-order valence-corrected chi connectivity index (χ4v) is 1.71. The van der Waals surface area contributed by atoms with Crippen molar-refractivity contribution in [2.45, 2.75) is 13.8 Å². The van der Waals surface area contributed by atoms with Gasteiger partial charge in [-0.1, -0.05) is 0 Å². The third-order valence-corrected chi connectivity index (χ3v) is 2.58. The van der Waals surface area contributed by atoms with Gasteiger partial charge in [-0.3, -0.25) is 4.79 Å². The van der Waals surface area contributed by atoms with Crippen molar-refractivity contribution in [2.24, 2.45) is 0 Å². The fraction of sp³-hybridized carbons (Fsp3) is 0.375. The number of rotatable bonds is 2. The minimum absolute atomic E-state index is 0.0395. The highest BCUT2D eigenvalue weighted by atomic mass is 32.1. The summed E-state index contributed by atoms with van der Waals surface area (Å²) < 4.78 is 0. The summed E-state index contributed by atoms with van der Waals surface area (Å²) in [7, 11) is 0. The zero-order valence-corrected chi connectivity index (χ0v) is 7.99. The van der Waals surface area contributed by atoms with E-state index in [0.29, 0.717) is 17.1 Å². The highest BCUT2D eigenvalue weighted by Crippen LogP contribution is 2.22. The summed E-state index contributed by atoms with van der Waals surface area (Å²) in [5.74, 6) is -0.0395. The van der Waals surface area contributed by atoms with Crippen LogP contribution in [0.25, 0.3) is 0 Å².